The van der Waals surface area contributed by atoms with Crippen molar-refractivity contribution >= 4 is 29.9 Å². The van der Waals surface area contributed by atoms with Crippen molar-refractivity contribution in [1.82, 2.24) is 10.2 Å². The quantitative estimate of drug-likeness (QED) is 0.269. The van der Waals surface area contributed by atoms with Gasteiger partial charge in [0, 0.05) is 6.04 Å². The monoisotopic (exact) mass is 486 g/mol. The van der Waals surface area contributed by atoms with Crippen molar-refractivity contribution < 1.29 is 17.9 Å². The number of halogens is 4. The second kappa shape index (κ2) is 10.8. The lowest BCUT2D eigenvalue weighted by atomic mass is 10.2. The van der Waals surface area contributed by atoms with Gasteiger partial charge in [0.25, 0.3) is 0 Å². The fourth-order valence-electron chi connectivity index (χ4n) is 2.94. The standard InChI is InChI=1S/C17H25F3N4O.HI/c1-2-24-10-5-6-13(24)12-23-16(21)22-9-11-25-15-8-4-3-7-14(15)17(18,19)20;/h3-4,7-8,13H,2,5-6,9-12H2,1H3,(H3,21,22,23);1H. The Morgan fingerprint density at radius 3 is 2.81 bits per heavy atom. The van der Waals surface area contributed by atoms with Crippen molar-refractivity contribution in [1.29, 1.82) is 0 Å². The highest BCUT2D eigenvalue weighted by Gasteiger charge is 2.33. The number of alkyl halides is 3. The van der Waals surface area contributed by atoms with Crippen molar-refractivity contribution in [3.8, 4) is 5.75 Å². The van der Waals surface area contributed by atoms with Crippen LogP contribution in [0.15, 0.2) is 29.3 Å². The number of guanidine groups is 1. The van der Waals surface area contributed by atoms with E-state index in [0.29, 0.717) is 12.6 Å². The van der Waals surface area contributed by atoms with E-state index in [1.807, 2.05) is 0 Å². The molecule has 9 heteroatoms. The lowest BCUT2D eigenvalue weighted by Gasteiger charge is -2.21. The minimum Gasteiger partial charge on any atom is -0.491 e. The fraction of sp³-hybridized carbons (Fsp3) is 0.588. The zero-order valence-electron chi connectivity index (χ0n) is 14.8. The summed E-state index contributed by atoms with van der Waals surface area (Å²) in [6.07, 6.45) is -2.15. The zero-order valence-corrected chi connectivity index (χ0v) is 17.1. The van der Waals surface area contributed by atoms with Gasteiger partial charge in [-0.3, -0.25) is 9.89 Å². The largest absolute Gasteiger partial charge is 0.491 e. The van der Waals surface area contributed by atoms with Crippen LogP contribution in [-0.2, 0) is 6.18 Å². The molecule has 3 N–H and O–H groups in total. The molecular weight excluding hydrogens is 460 g/mol. The summed E-state index contributed by atoms with van der Waals surface area (Å²) in [6, 6.07) is 5.57. The number of likely N-dealkylation sites (N-methyl/N-ethyl adjacent to an activating group) is 1. The highest BCUT2D eigenvalue weighted by atomic mass is 127. The summed E-state index contributed by atoms with van der Waals surface area (Å²) < 4.78 is 43.8. The molecule has 0 amide bonds. The van der Waals surface area contributed by atoms with Gasteiger partial charge in [0.2, 0.25) is 0 Å². The van der Waals surface area contributed by atoms with E-state index < -0.39 is 11.7 Å². The number of aliphatic imine (C=N–C) groups is 1. The van der Waals surface area contributed by atoms with Gasteiger partial charge < -0.3 is 15.8 Å². The topological polar surface area (TPSA) is 62.9 Å². The van der Waals surface area contributed by atoms with E-state index in [4.69, 9.17) is 10.5 Å². The van der Waals surface area contributed by atoms with Gasteiger partial charge in [-0.2, -0.15) is 13.2 Å². The smallest absolute Gasteiger partial charge is 0.419 e. The van der Waals surface area contributed by atoms with E-state index >= 15 is 0 Å². The molecule has 1 heterocycles. The van der Waals surface area contributed by atoms with Gasteiger partial charge in [-0.25, -0.2) is 0 Å². The maximum atomic E-state index is 12.9. The lowest BCUT2D eigenvalue weighted by molar-refractivity contribution is -0.138. The zero-order chi connectivity index (χ0) is 18.3. The molecule has 148 valence electrons. The number of nitrogens with two attached hydrogens (primary N) is 1. The maximum absolute atomic E-state index is 12.9. The molecule has 0 bridgehead atoms. The van der Waals surface area contributed by atoms with Crippen LogP contribution in [0.3, 0.4) is 0 Å². The number of nitrogens with zero attached hydrogens (tertiary/aromatic N) is 2. The molecule has 0 radical (unpaired) electrons. The molecule has 1 aromatic rings. The van der Waals surface area contributed by atoms with E-state index in [2.05, 4.69) is 22.1 Å². The van der Waals surface area contributed by atoms with Crippen LogP contribution in [0.1, 0.15) is 25.3 Å². The Bertz CT molecular complexity index is 583. The van der Waals surface area contributed by atoms with Crippen molar-refractivity contribution in [3.05, 3.63) is 29.8 Å². The summed E-state index contributed by atoms with van der Waals surface area (Å²) in [4.78, 5) is 6.68. The number of para-hydroxylation sites is 1. The van der Waals surface area contributed by atoms with Crippen LogP contribution in [0.5, 0.6) is 5.75 Å². The second-order valence-corrected chi connectivity index (χ2v) is 5.92. The van der Waals surface area contributed by atoms with E-state index in [-0.39, 0.29) is 48.8 Å². The third-order valence-corrected chi connectivity index (χ3v) is 4.24. The number of likely N-dealkylation sites (tertiary alicyclic amines) is 1. The molecule has 1 unspecified atom stereocenters. The Morgan fingerprint density at radius 2 is 2.12 bits per heavy atom. The number of benzene rings is 1. The van der Waals surface area contributed by atoms with E-state index in [0.717, 1.165) is 25.6 Å². The van der Waals surface area contributed by atoms with E-state index in [1.165, 1.54) is 24.6 Å². The van der Waals surface area contributed by atoms with Gasteiger partial charge >= 0.3 is 6.18 Å². The highest BCUT2D eigenvalue weighted by Crippen LogP contribution is 2.35. The molecule has 0 saturated carbocycles. The summed E-state index contributed by atoms with van der Waals surface area (Å²) in [7, 11) is 0. The molecule has 26 heavy (non-hydrogen) atoms. The Hall–Kier alpha value is -1.23. The van der Waals surface area contributed by atoms with Gasteiger partial charge in [0.05, 0.1) is 18.7 Å². The van der Waals surface area contributed by atoms with Gasteiger partial charge in [0.15, 0.2) is 5.96 Å². The van der Waals surface area contributed by atoms with Crippen LogP contribution < -0.4 is 15.8 Å². The minimum absolute atomic E-state index is 0. The molecule has 1 fully saturated rings. The number of hydrogen-bond donors (Lipinski definition) is 2. The summed E-state index contributed by atoms with van der Waals surface area (Å²) in [5.74, 6) is 0.104. The SMILES string of the molecule is CCN1CCCC1CN=C(N)NCCOc1ccccc1C(F)(F)F.I. The number of nitrogens with one attached hydrogen (secondary N) is 1. The molecule has 0 aromatic heterocycles. The number of hydrogen-bond acceptors (Lipinski definition) is 3. The maximum Gasteiger partial charge on any atom is 0.419 e. The lowest BCUT2D eigenvalue weighted by Crippen LogP contribution is -2.37. The van der Waals surface area contributed by atoms with Crippen LogP contribution in [-0.4, -0.2) is 49.7 Å². The Labute approximate surface area is 169 Å². The molecule has 2 rings (SSSR count). The molecule has 1 aliphatic rings. The second-order valence-electron chi connectivity index (χ2n) is 5.92. The Morgan fingerprint density at radius 1 is 1.38 bits per heavy atom. The van der Waals surface area contributed by atoms with Crippen LogP contribution in [0.25, 0.3) is 0 Å². The van der Waals surface area contributed by atoms with Crippen molar-refractivity contribution in [3.63, 3.8) is 0 Å². The summed E-state index contributed by atoms with van der Waals surface area (Å²) in [6.45, 7) is 5.19. The third-order valence-electron chi connectivity index (χ3n) is 4.24. The normalized spacial score (nSPS) is 18.5. The molecule has 1 saturated heterocycles. The van der Waals surface area contributed by atoms with Crippen LogP contribution in [0.2, 0.25) is 0 Å². The molecule has 1 aromatic carbocycles. The average Bonchev–Trinajstić information content (AvgIpc) is 3.04. The minimum atomic E-state index is -4.43. The third kappa shape index (κ3) is 6.82. The van der Waals surface area contributed by atoms with E-state index in [9.17, 15) is 13.2 Å². The van der Waals surface area contributed by atoms with Crippen molar-refractivity contribution in [2.75, 3.05) is 32.8 Å². The Kier molecular flexibility index (Phi) is 9.48. The van der Waals surface area contributed by atoms with Crippen LogP contribution in [0, 0.1) is 0 Å². The first kappa shape index (κ1) is 22.8. The predicted molar refractivity (Wildman–Crippen MR) is 107 cm³/mol. The molecule has 0 spiro atoms. The first-order valence-electron chi connectivity index (χ1n) is 8.48. The molecule has 1 atom stereocenters. The Balaban J connectivity index is 0.00000338. The number of ether oxygens (including phenoxy) is 1. The first-order chi connectivity index (χ1) is 11.9. The van der Waals surface area contributed by atoms with E-state index in [1.54, 1.807) is 0 Å². The van der Waals surface area contributed by atoms with Crippen LogP contribution >= 0.6 is 24.0 Å². The highest BCUT2D eigenvalue weighted by molar-refractivity contribution is 14.0. The van der Waals surface area contributed by atoms with Gasteiger partial charge in [-0.1, -0.05) is 19.1 Å². The molecule has 1 aliphatic heterocycles. The summed E-state index contributed by atoms with van der Waals surface area (Å²) in [5, 5.41) is 2.87. The molecule has 0 aliphatic carbocycles. The molecule has 5 nitrogen and oxygen atoms in total. The predicted octanol–water partition coefficient (Wildman–Crippen LogP) is 3.09. The van der Waals surface area contributed by atoms with Crippen molar-refractivity contribution in [2.24, 2.45) is 10.7 Å². The first-order valence-corrected chi connectivity index (χ1v) is 8.48. The molecular formula is C17H26F3IN4O. The van der Waals surface area contributed by atoms with Gasteiger partial charge in [-0.05, 0) is 38.1 Å². The number of rotatable bonds is 7. The van der Waals surface area contributed by atoms with Crippen LogP contribution in [0.4, 0.5) is 13.2 Å². The fourth-order valence-corrected chi connectivity index (χ4v) is 2.94. The van der Waals surface area contributed by atoms with Gasteiger partial charge in [-0.15, -0.1) is 24.0 Å². The summed E-state index contributed by atoms with van der Waals surface area (Å²) >= 11 is 0. The van der Waals surface area contributed by atoms with Crippen molar-refractivity contribution in [2.45, 2.75) is 32.0 Å². The summed E-state index contributed by atoms with van der Waals surface area (Å²) in [5.41, 5.74) is 5.02. The average molecular weight is 486 g/mol. The van der Waals surface area contributed by atoms with Gasteiger partial charge in [0.1, 0.15) is 12.4 Å².